The van der Waals surface area contributed by atoms with Crippen LogP contribution in [0.25, 0.3) is 0 Å². The Labute approximate surface area is 101 Å². The highest BCUT2D eigenvalue weighted by Gasteiger charge is 2.18. The fourth-order valence-electron chi connectivity index (χ4n) is 1.23. The second-order valence-corrected chi connectivity index (χ2v) is 3.26. The van der Waals surface area contributed by atoms with E-state index in [0.29, 0.717) is 0 Å². The van der Waals surface area contributed by atoms with Crippen molar-refractivity contribution in [2.24, 2.45) is 5.16 Å². The number of aromatic nitrogens is 2. The molecule has 0 saturated heterocycles. The first-order valence-electron chi connectivity index (χ1n) is 5.01. The van der Waals surface area contributed by atoms with Gasteiger partial charge < -0.3 is 21.4 Å². The summed E-state index contributed by atoms with van der Waals surface area (Å²) in [6.07, 6.45) is -0.302. The number of hydrogen-bond acceptors (Lipinski definition) is 8. The number of hydrogen-bond donors (Lipinski definition) is 4. The fourth-order valence-corrected chi connectivity index (χ4v) is 1.23. The molecule has 0 saturated carbocycles. The Morgan fingerprint density at radius 3 is 2.72 bits per heavy atom. The van der Waals surface area contributed by atoms with Gasteiger partial charge in [-0.25, -0.2) is 4.79 Å². The van der Waals surface area contributed by atoms with E-state index < -0.39 is 11.5 Å². The molecule has 98 valence electrons. The van der Waals surface area contributed by atoms with Gasteiger partial charge in [-0.3, -0.25) is 9.78 Å². The predicted molar refractivity (Wildman–Crippen MR) is 63.2 cm³/mol. The number of H-pyrrole nitrogens is 1. The van der Waals surface area contributed by atoms with Gasteiger partial charge in [0.2, 0.25) is 5.95 Å². The van der Waals surface area contributed by atoms with Crippen molar-refractivity contribution in [1.82, 2.24) is 9.97 Å². The quantitative estimate of drug-likeness (QED) is 0.229. The van der Waals surface area contributed by atoms with E-state index in [1.807, 2.05) is 0 Å². The molecule has 1 heterocycles. The first-order chi connectivity index (χ1) is 8.49. The van der Waals surface area contributed by atoms with Crippen LogP contribution >= 0.6 is 0 Å². The van der Waals surface area contributed by atoms with Crippen molar-refractivity contribution in [1.29, 1.82) is 0 Å². The molecule has 0 radical (unpaired) electrons. The maximum atomic E-state index is 11.5. The van der Waals surface area contributed by atoms with Crippen molar-refractivity contribution in [3.63, 3.8) is 0 Å². The van der Waals surface area contributed by atoms with Crippen LogP contribution < -0.4 is 17.0 Å². The average Bonchev–Trinajstić information content (AvgIpc) is 2.28. The average molecular weight is 255 g/mol. The zero-order valence-corrected chi connectivity index (χ0v) is 9.64. The third kappa shape index (κ3) is 2.97. The minimum absolute atomic E-state index is 0.0231. The van der Waals surface area contributed by atoms with E-state index in [4.69, 9.17) is 16.7 Å². The summed E-state index contributed by atoms with van der Waals surface area (Å²) >= 11 is 0. The Kier molecular flexibility index (Phi) is 4.24. The van der Waals surface area contributed by atoms with E-state index in [1.165, 1.54) is 0 Å². The molecule has 0 aromatic carbocycles. The number of esters is 1. The van der Waals surface area contributed by atoms with E-state index in [9.17, 15) is 9.59 Å². The van der Waals surface area contributed by atoms with E-state index in [1.54, 1.807) is 6.92 Å². The third-order valence-electron chi connectivity index (χ3n) is 2.04. The molecular weight excluding hydrogens is 242 g/mol. The van der Waals surface area contributed by atoms with E-state index in [0.717, 1.165) is 0 Å². The molecule has 0 aliphatic rings. The number of nitrogens with zero attached hydrogens (tertiary/aromatic N) is 2. The molecule has 9 heteroatoms. The second-order valence-electron chi connectivity index (χ2n) is 3.26. The van der Waals surface area contributed by atoms with Gasteiger partial charge in [0, 0.05) is 6.42 Å². The SMILES string of the molecule is CCOC(=O)/C(Cc1c(N)nc(N)[nH]c1=O)=N/O. The van der Waals surface area contributed by atoms with Gasteiger partial charge in [-0.2, -0.15) is 4.98 Å². The number of anilines is 2. The molecule has 0 spiro atoms. The van der Waals surface area contributed by atoms with Crippen LogP contribution in [0, 0.1) is 0 Å². The molecule has 0 atom stereocenters. The minimum Gasteiger partial charge on any atom is -0.461 e. The maximum absolute atomic E-state index is 11.5. The van der Waals surface area contributed by atoms with Crippen LogP contribution in [-0.4, -0.2) is 33.5 Å². The van der Waals surface area contributed by atoms with Crippen molar-refractivity contribution < 1.29 is 14.7 Å². The molecule has 1 rings (SSSR count). The number of carbonyl (C=O) groups is 1. The number of nitrogen functional groups attached to an aromatic ring is 2. The summed E-state index contributed by atoms with van der Waals surface area (Å²) in [5.74, 6) is -1.11. The number of carbonyl (C=O) groups excluding carboxylic acids is 1. The van der Waals surface area contributed by atoms with E-state index in [2.05, 4.69) is 19.9 Å². The first-order valence-corrected chi connectivity index (χ1v) is 5.01. The normalized spacial score (nSPS) is 11.3. The molecule has 18 heavy (non-hydrogen) atoms. The Balaban J connectivity index is 3.04. The van der Waals surface area contributed by atoms with Gasteiger partial charge in [-0.05, 0) is 6.92 Å². The van der Waals surface area contributed by atoms with Gasteiger partial charge >= 0.3 is 5.97 Å². The predicted octanol–water partition coefficient (Wildman–Crippen LogP) is -1.13. The van der Waals surface area contributed by atoms with Crippen LogP contribution in [0.2, 0.25) is 0 Å². The molecule has 0 bridgehead atoms. The third-order valence-corrected chi connectivity index (χ3v) is 2.04. The molecule has 9 nitrogen and oxygen atoms in total. The van der Waals surface area contributed by atoms with Crippen molar-refractivity contribution in [3.05, 3.63) is 15.9 Å². The van der Waals surface area contributed by atoms with Crippen molar-refractivity contribution in [2.75, 3.05) is 18.1 Å². The summed E-state index contributed by atoms with van der Waals surface area (Å²) in [4.78, 5) is 28.8. The summed E-state index contributed by atoms with van der Waals surface area (Å²) < 4.78 is 4.64. The second kappa shape index (κ2) is 5.66. The van der Waals surface area contributed by atoms with Crippen molar-refractivity contribution in [2.45, 2.75) is 13.3 Å². The summed E-state index contributed by atoms with van der Waals surface area (Å²) in [6.45, 7) is 1.71. The molecule has 0 unspecified atom stereocenters. The van der Waals surface area contributed by atoms with Gasteiger partial charge in [0.1, 0.15) is 5.82 Å². The van der Waals surface area contributed by atoms with Crippen LogP contribution in [0.15, 0.2) is 9.95 Å². The van der Waals surface area contributed by atoms with E-state index in [-0.39, 0.29) is 36.1 Å². The lowest BCUT2D eigenvalue weighted by Gasteiger charge is -2.06. The van der Waals surface area contributed by atoms with Gasteiger partial charge in [0.05, 0.1) is 12.2 Å². The highest BCUT2D eigenvalue weighted by atomic mass is 16.5. The number of nitrogens with two attached hydrogens (primary N) is 2. The van der Waals surface area contributed by atoms with Crippen LogP contribution in [0.4, 0.5) is 11.8 Å². The van der Waals surface area contributed by atoms with Gasteiger partial charge in [-0.1, -0.05) is 5.16 Å². The molecular formula is C9H13N5O4. The van der Waals surface area contributed by atoms with Crippen LogP contribution in [0.1, 0.15) is 12.5 Å². The summed E-state index contributed by atoms with van der Waals surface area (Å²) in [5.41, 5.74) is 9.80. The van der Waals surface area contributed by atoms with Crippen LogP contribution in [0.3, 0.4) is 0 Å². The maximum Gasteiger partial charge on any atom is 0.356 e. The summed E-state index contributed by atoms with van der Waals surface area (Å²) in [5, 5.41) is 11.5. The highest BCUT2D eigenvalue weighted by molar-refractivity contribution is 6.36. The Morgan fingerprint density at radius 1 is 1.56 bits per heavy atom. The lowest BCUT2D eigenvalue weighted by Crippen LogP contribution is -2.26. The number of aromatic amines is 1. The summed E-state index contributed by atoms with van der Waals surface area (Å²) in [7, 11) is 0. The zero-order valence-electron chi connectivity index (χ0n) is 9.64. The molecule has 6 N–H and O–H groups in total. The number of nitrogens with one attached hydrogen (secondary N) is 1. The van der Waals surface area contributed by atoms with Gasteiger partial charge in [0.15, 0.2) is 5.71 Å². The molecule has 0 aliphatic heterocycles. The number of ether oxygens (including phenoxy) is 1. The summed E-state index contributed by atoms with van der Waals surface area (Å²) in [6, 6.07) is 0. The Morgan fingerprint density at radius 2 is 2.22 bits per heavy atom. The fraction of sp³-hybridized carbons (Fsp3) is 0.333. The van der Waals surface area contributed by atoms with Crippen LogP contribution in [0.5, 0.6) is 0 Å². The topological polar surface area (TPSA) is 157 Å². The molecule has 0 aliphatic carbocycles. The number of rotatable bonds is 4. The van der Waals surface area contributed by atoms with Crippen molar-refractivity contribution in [3.8, 4) is 0 Å². The molecule has 1 aromatic rings. The standard InChI is InChI=1S/C9H13N5O4/c1-2-18-8(16)5(14-17)3-4-6(10)12-9(11)13-7(4)15/h17H,2-3H2,1H3,(H5,10,11,12,13,15)/b14-5+. The van der Waals surface area contributed by atoms with Crippen molar-refractivity contribution >= 4 is 23.4 Å². The first kappa shape index (κ1) is 13.5. The highest BCUT2D eigenvalue weighted by Crippen LogP contribution is 2.06. The molecule has 0 fully saturated rings. The Hall–Kier alpha value is -2.58. The number of oxime groups is 1. The van der Waals surface area contributed by atoms with Gasteiger partial charge in [-0.15, -0.1) is 0 Å². The molecule has 0 amide bonds. The monoisotopic (exact) mass is 255 g/mol. The van der Waals surface area contributed by atoms with Gasteiger partial charge in [0.25, 0.3) is 5.56 Å². The minimum atomic E-state index is -0.837. The van der Waals surface area contributed by atoms with E-state index >= 15 is 0 Å². The zero-order chi connectivity index (χ0) is 13.7. The smallest absolute Gasteiger partial charge is 0.356 e. The lowest BCUT2D eigenvalue weighted by molar-refractivity contribution is -0.135. The Bertz CT molecular complexity index is 536. The molecule has 1 aromatic heterocycles. The van der Waals surface area contributed by atoms with Crippen LogP contribution in [-0.2, 0) is 16.0 Å². The largest absolute Gasteiger partial charge is 0.461 e. The lowest BCUT2D eigenvalue weighted by atomic mass is 10.1.